The maximum atomic E-state index is 12.8. The first-order valence-electron chi connectivity index (χ1n) is 4.56. The first kappa shape index (κ1) is 10.7. The van der Waals surface area contributed by atoms with Crippen molar-refractivity contribution < 1.29 is 18.0 Å². The second-order valence-electron chi connectivity index (χ2n) is 3.45. The van der Waals surface area contributed by atoms with Crippen molar-refractivity contribution in [3.63, 3.8) is 0 Å². The molecular formula is C11H8F3NO. The summed E-state index contributed by atoms with van der Waals surface area (Å²) in [6, 6.07) is 6.30. The summed E-state index contributed by atoms with van der Waals surface area (Å²) in [5, 5.41) is 0.326. The molecule has 1 heterocycles. The second-order valence-corrected chi connectivity index (χ2v) is 3.45. The zero-order valence-electron chi connectivity index (χ0n) is 8.38. The maximum absolute atomic E-state index is 12.8. The summed E-state index contributed by atoms with van der Waals surface area (Å²) in [5.41, 5.74) is -0.800. The lowest BCUT2D eigenvalue weighted by Crippen LogP contribution is -2.13. The van der Waals surface area contributed by atoms with Gasteiger partial charge in [-0.15, -0.1) is 0 Å². The van der Waals surface area contributed by atoms with E-state index in [4.69, 9.17) is 0 Å². The lowest BCUT2D eigenvalue weighted by Gasteiger charge is -2.08. The molecule has 0 N–H and O–H groups in total. The van der Waals surface area contributed by atoms with Gasteiger partial charge in [0.25, 0.3) is 0 Å². The van der Waals surface area contributed by atoms with E-state index in [0.29, 0.717) is 10.9 Å². The standard InChI is InChI=1S/C11H8F3NO/c1-15-9-5-3-2-4-7(9)8(6-16)10(15)11(12,13)14/h2-6H,1H3. The average molecular weight is 227 g/mol. The predicted octanol–water partition coefficient (Wildman–Crippen LogP) is 3.01. The molecule has 0 aliphatic rings. The number of carbonyl (C=O) groups is 1. The monoisotopic (exact) mass is 227 g/mol. The lowest BCUT2D eigenvalue weighted by molar-refractivity contribution is -0.143. The summed E-state index contributed by atoms with van der Waals surface area (Å²) in [7, 11) is 1.30. The topological polar surface area (TPSA) is 22.0 Å². The summed E-state index contributed by atoms with van der Waals surface area (Å²) in [6.07, 6.45) is -4.27. The number of aldehydes is 1. The molecule has 0 spiro atoms. The van der Waals surface area contributed by atoms with Gasteiger partial charge in [-0.25, -0.2) is 0 Å². The fourth-order valence-corrected chi connectivity index (χ4v) is 1.88. The van der Waals surface area contributed by atoms with E-state index in [-0.39, 0.29) is 11.8 Å². The van der Waals surface area contributed by atoms with Crippen LogP contribution in [0, 0.1) is 0 Å². The van der Waals surface area contributed by atoms with Crippen molar-refractivity contribution in [1.82, 2.24) is 4.57 Å². The van der Waals surface area contributed by atoms with Gasteiger partial charge in [0.15, 0.2) is 6.29 Å². The number of rotatable bonds is 1. The van der Waals surface area contributed by atoms with E-state index in [1.807, 2.05) is 0 Å². The number of aryl methyl sites for hydroxylation is 1. The normalized spacial score (nSPS) is 12.0. The number of benzene rings is 1. The average Bonchev–Trinajstić information content (AvgIpc) is 2.51. The summed E-state index contributed by atoms with van der Waals surface area (Å²) < 4.78 is 39.3. The number of fused-ring (bicyclic) bond motifs is 1. The minimum Gasteiger partial charge on any atom is -0.339 e. The third-order valence-corrected chi connectivity index (χ3v) is 2.53. The highest BCUT2D eigenvalue weighted by molar-refractivity contribution is 5.99. The molecule has 84 valence electrons. The van der Waals surface area contributed by atoms with E-state index in [1.54, 1.807) is 18.2 Å². The van der Waals surface area contributed by atoms with Gasteiger partial charge in [-0.1, -0.05) is 18.2 Å². The van der Waals surface area contributed by atoms with Crippen LogP contribution in [0.4, 0.5) is 13.2 Å². The zero-order valence-corrected chi connectivity index (χ0v) is 8.38. The molecule has 0 aliphatic heterocycles. The Morgan fingerprint density at radius 3 is 2.44 bits per heavy atom. The molecule has 1 aromatic heterocycles. The lowest BCUT2D eigenvalue weighted by atomic mass is 10.1. The van der Waals surface area contributed by atoms with E-state index in [1.165, 1.54) is 13.1 Å². The van der Waals surface area contributed by atoms with Gasteiger partial charge in [0, 0.05) is 18.0 Å². The summed E-state index contributed by atoms with van der Waals surface area (Å²) >= 11 is 0. The number of halogens is 3. The van der Waals surface area contributed by atoms with Crippen molar-refractivity contribution in [2.75, 3.05) is 0 Å². The van der Waals surface area contributed by atoms with Gasteiger partial charge in [0.05, 0.1) is 5.56 Å². The van der Waals surface area contributed by atoms with E-state index < -0.39 is 11.9 Å². The molecule has 2 aromatic rings. The molecular weight excluding hydrogens is 219 g/mol. The third-order valence-electron chi connectivity index (χ3n) is 2.53. The van der Waals surface area contributed by atoms with Crippen molar-refractivity contribution in [3.05, 3.63) is 35.5 Å². The van der Waals surface area contributed by atoms with Crippen LogP contribution in [-0.4, -0.2) is 10.9 Å². The molecule has 0 fully saturated rings. The first-order valence-corrected chi connectivity index (χ1v) is 4.56. The van der Waals surface area contributed by atoms with Gasteiger partial charge < -0.3 is 4.57 Å². The molecule has 0 unspecified atom stereocenters. The van der Waals surface area contributed by atoms with Gasteiger partial charge in [-0.3, -0.25) is 4.79 Å². The number of para-hydroxylation sites is 1. The molecule has 0 atom stereocenters. The number of alkyl halides is 3. The summed E-state index contributed by atoms with van der Waals surface area (Å²) in [6.45, 7) is 0. The fourth-order valence-electron chi connectivity index (χ4n) is 1.88. The Morgan fingerprint density at radius 2 is 1.88 bits per heavy atom. The number of aromatic nitrogens is 1. The van der Waals surface area contributed by atoms with Crippen molar-refractivity contribution >= 4 is 17.2 Å². The maximum Gasteiger partial charge on any atom is 0.432 e. The molecule has 2 nitrogen and oxygen atoms in total. The van der Waals surface area contributed by atoms with Crippen molar-refractivity contribution in [3.8, 4) is 0 Å². The van der Waals surface area contributed by atoms with E-state index in [0.717, 1.165) is 4.57 Å². The smallest absolute Gasteiger partial charge is 0.339 e. The molecule has 1 aromatic carbocycles. The van der Waals surface area contributed by atoms with Crippen LogP contribution >= 0.6 is 0 Å². The zero-order chi connectivity index (χ0) is 11.9. The Morgan fingerprint density at radius 1 is 1.25 bits per heavy atom. The van der Waals surface area contributed by atoms with Gasteiger partial charge in [-0.2, -0.15) is 13.2 Å². The predicted molar refractivity (Wildman–Crippen MR) is 53.3 cm³/mol. The quantitative estimate of drug-likeness (QED) is 0.686. The van der Waals surface area contributed by atoms with Gasteiger partial charge in [-0.05, 0) is 6.07 Å². The number of hydrogen-bond donors (Lipinski definition) is 0. The third kappa shape index (κ3) is 1.39. The Kier molecular flexibility index (Phi) is 2.26. The van der Waals surface area contributed by atoms with Gasteiger partial charge in [0.2, 0.25) is 0 Å². The van der Waals surface area contributed by atoms with Crippen LogP contribution in [-0.2, 0) is 13.2 Å². The highest BCUT2D eigenvalue weighted by Gasteiger charge is 2.38. The van der Waals surface area contributed by atoms with Crippen LogP contribution in [0.15, 0.2) is 24.3 Å². The number of carbonyl (C=O) groups excluding carboxylic acids is 1. The number of hydrogen-bond acceptors (Lipinski definition) is 1. The second kappa shape index (κ2) is 3.37. The molecule has 0 saturated carbocycles. The molecule has 0 saturated heterocycles. The van der Waals surface area contributed by atoms with Crippen molar-refractivity contribution in [2.24, 2.45) is 7.05 Å². The molecule has 0 radical (unpaired) electrons. The van der Waals surface area contributed by atoms with Crippen LogP contribution < -0.4 is 0 Å². The molecule has 16 heavy (non-hydrogen) atoms. The highest BCUT2D eigenvalue weighted by Crippen LogP contribution is 2.36. The van der Waals surface area contributed by atoms with Crippen LogP contribution in [0.1, 0.15) is 16.1 Å². The largest absolute Gasteiger partial charge is 0.432 e. The van der Waals surface area contributed by atoms with Crippen LogP contribution in [0.3, 0.4) is 0 Å². The summed E-state index contributed by atoms with van der Waals surface area (Å²) in [5.74, 6) is 0. The molecule has 2 rings (SSSR count). The Labute approximate surface area is 89.3 Å². The van der Waals surface area contributed by atoms with Gasteiger partial charge >= 0.3 is 6.18 Å². The fraction of sp³-hybridized carbons (Fsp3) is 0.182. The van der Waals surface area contributed by atoms with Crippen molar-refractivity contribution in [1.29, 1.82) is 0 Å². The van der Waals surface area contributed by atoms with Crippen LogP contribution in [0.25, 0.3) is 10.9 Å². The minimum atomic E-state index is -4.52. The van der Waals surface area contributed by atoms with Gasteiger partial charge in [0.1, 0.15) is 5.69 Å². The molecule has 0 bridgehead atoms. The van der Waals surface area contributed by atoms with E-state index >= 15 is 0 Å². The molecule has 0 aliphatic carbocycles. The van der Waals surface area contributed by atoms with E-state index in [9.17, 15) is 18.0 Å². The molecule has 0 amide bonds. The van der Waals surface area contributed by atoms with Crippen LogP contribution in [0.5, 0.6) is 0 Å². The SMILES string of the molecule is Cn1c(C(F)(F)F)c(C=O)c2ccccc21. The van der Waals surface area contributed by atoms with Crippen LogP contribution in [0.2, 0.25) is 0 Å². The Balaban J connectivity index is 2.93. The molecule has 5 heteroatoms. The first-order chi connectivity index (χ1) is 7.46. The van der Waals surface area contributed by atoms with Crippen molar-refractivity contribution in [2.45, 2.75) is 6.18 Å². The van der Waals surface area contributed by atoms with E-state index in [2.05, 4.69) is 0 Å². The Bertz CT molecular complexity index is 554. The highest BCUT2D eigenvalue weighted by atomic mass is 19.4. The minimum absolute atomic E-state index is 0.255. The Hall–Kier alpha value is -1.78. The number of nitrogens with zero attached hydrogens (tertiary/aromatic N) is 1. The summed E-state index contributed by atoms with van der Waals surface area (Å²) in [4.78, 5) is 10.8.